The van der Waals surface area contributed by atoms with E-state index in [2.05, 4.69) is 27.3 Å². The summed E-state index contributed by atoms with van der Waals surface area (Å²) in [5.41, 5.74) is 3.22. The van der Waals surface area contributed by atoms with Gasteiger partial charge in [0.15, 0.2) is 5.52 Å². The van der Waals surface area contributed by atoms with E-state index in [0.29, 0.717) is 5.52 Å². The second kappa shape index (κ2) is 8.55. The maximum Gasteiger partial charge on any atom is 0.295 e. The Morgan fingerprint density at radius 2 is 1.93 bits per heavy atom. The zero-order valence-corrected chi connectivity index (χ0v) is 16.4. The Labute approximate surface area is 169 Å². The molecule has 0 saturated carbocycles. The first-order chi connectivity index (χ1) is 14.1. The Bertz CT molecular complexity index is 1000. The third-order valence-corrected chi connectivity index (χ3v) is 5.22. The minimum absolute atomic E-state index is 0.0266. The molecule has 3 aromatic rings. The number of nitrogens with one attached hydrogen (secondary N) is 1. The number of ether oxygens (including phenoxy) is 1. The van der Waals surface area contributed by atoms with Crippen LogP contribution >= 0.6 is 0 Å². The molecule has 2 aromatic carbocycles. The first-order valence-corrected chi connectivity index (χ1v) is 9.78. The summed E-state index contributed by atoms with van der Waals surface area (Å²) < 4.78 is 5.48. The molecule has 1 fully saturated rings. The van der Waals surface area contributed by atoms with Gasteiger partial charge in [-0.2, -0.15) is 0 Å². The molecule has 7 heteroatoms. The summed E-state index contributed by atoms with van der Waals surface area (Å²) in [6.07, 6.45) is 0. The van der Waals surface area contributed by atoms with Crippen LogP contribution < -0.4 is 5.32 Å². The second-order valence-corrected chi connectivity index (χ2v) is 7.26. The lowest BCUT2D eigenvalue weighted by atomic mass is 10.0. The average Bonchev–Trinajstić information content (AvgIpc) is 2.74. The van der Waals surface area contributed by atoms with Gasteiger partial charge in [-0.15, -0.1) is 0 Å². The van der Waals surface area contributed by atoms with Crippen molar-refractivity contribution >= 4 is 22.3 Å². The highest BCUT2D eigenvalue weighted by Crippen LogP contribution is 2.32. The summed E-state index contributed by atoms with van der Waals surface area (Å²) >= 11 is 0. The lowest BCUT2D eigenvalue weighted by Crippen LogP contribution is -2.40. The highest BCUT2D eigenvalue weighted by molar-refractivity contribution is 5.96. The van der Waals surface area contributed by atoms with Crippen molar-refractivity contribution in [3.05, 3.63) is 76.0 Å². The van der Waals surface area contributed by atoms with E-state index in [1.54, 1.807) is 6.07 Å². The first kappa shape index (κ1) is 19.3. The Morgan fingerprint density at radius 3 is 2.66 bits per heavy atom. The molecule has 1 N–H and O–H groups in total. The molecule has 2 heterocycles. The van der Waals surface area contributed by atoms with Gasteiger partial charge in [0.2, 0.25) is 0 Å². The Kier molecular flexibility index (Phi) is 5.69. The van der Waals surface area contributed by atoms with Crippen LogP contribution in [0.15, 0.2) is 54.6 Å². The molecule has 0 bridgehead atoms. The van der Waals surface area contributed by atoms with Crippen LogP contribution in [0.2, 0.25) is 0 Å². The van der Waals surface area contributed by atoms with E-state index < -0.39 is 0 Å². The lowest BCUT2D eigenvalue weighted by molar-refractivity contribution is -0.383. The second-order valence-electron chi connectivity index (χ2n) is 7.26. The van der Waals surface area contributed by atoms with Gasteiger partial charge >= 0.3 is 0 Å². The van der Waals surface area contributed by atoms with Crippen LogP contribution in [-0.2, 0) is 4.74 Å². The molecule has 1 unspecified atom stereocenters. The number of hydrogen-bond acceptors (Lipinski definition) is 6. The van der Waals surface area contributed by atoms with Crippen LogP contribution in [-0.4, -0.2) is 47.7 Å². The Morgan fingerprint density at radius 1 is 1.17 bits per heavy atom. The average molecular weight is 392 g/mol. The third-order valence-electron chi connectivity index (χ3n) is 5.22. The number of para-hydroxylation sites is 1. The number of pyridine rings is 1. The maximum absolute atomic E-state index is 11.5. The highest BCUT2D eigenvalue weighted by Gasteiger charge is 2.21. The van der Waals surface area contributed by atoms with Gasteiger partial charge in [-0.1, -0.05) is 42.5 Å². The Balaban J connectivity index is 1.72. The molecule has 0 spiro atoms. The van der Waals surface area contributed by atoms with Crippen LogP contribution in [0, 0.1) is 17.0 Å². The fourth-order valence-electron chi connectivity index (χ4n) is 3.78. The van der Waals surface area contributed by atoms with E-state index in [4.69, 9.17) is 4.74 Å². The number of aromatic nitrogens is 1. The number of nitro benzene ring substituents is 1. The van der Waals surface area contributed by atoms with Crippen LogP contribution in [0.3, 0.4) is 0 Å². The van der Waals surface area contributed by atoms with Gasteiger partial charge in [-0.3, -0.25) is 15.0 Å². The van der Waals surface area contributed by atoms with Gasteiger partial charge in [-0.05, 0) is 18.6 Å². The normalized spacial score (nSPS) is 15.9. The van der Waals surface area contributed by atoms with Crippen molar-refractivity contribution in [2.45, 2.75) is 13.0 Å². The fourth-order valence-corrected chi connectivity index (χ4v) is 3.78. The van der Waals surface area contributed by atoms with Crippen molar-refractivity contribution < 1.29 is 9.66 Å². The third kappa shape index (κ3) is 4.36. The maximum atomic E-state index is 11.5. The van der Waals surface area contributed by atoms with Gasteiger partial charge < -0.3 is 10.1 Å². The van der Waals surface area contributed by atoms with E-state index in [1.807, 2.05) is 37.3 Å². The fraction of sp³-hybridized carbons (Fsp3) is 0.318. The minimum Gasteiger partial charge on any atom is -0.379 e. The zero-order valence-electron chi connectivity index (χ0n) is 16.4. The van der Waals surface area contributed by atoms with Crippen molar-refractivity contribution in [1.82, 2.24) is 9.88 Å². The molecule has 150 valence electrons. The summed E-state index contributed by atoms with van der Waals surface area (Å²) in [7, 11) is 0. The molecule has 1 aromatic heterocycles. The molecular formula is C22H24N4O3. The standard InChI is InChI=1S/C22H24N4O3/c1-16-14-19(18-8-5-9-21(26(27)28)22(18)23-16)24-20(17-6-3-2-4-7-17)15-25-10-12-29-13-11-25/h2-9,14,20H,10-13,15H2,1H3,(H,23,24). The number of morpholine rings is 1. The summed E-state index contributed by atoms with van der Waals surface area (Å²) in [6.45, 7) is 5.96. The van der Waals surface area contributed by atoms with Crippen LogP contribution in [0.5, 0.6) is 0 Å². The summed E-state index contributed by atoms with van der Waals surface area (Å²) in [5.74, 6) is 0. The first-order valence-electron chi connectivity index (χ1n) is 9.78. The number of nitro groups is 1. The molecule has 1 aliphatic heterocycles. The van der Waals surface area contributed by atoms with Gasteiger partial charge in [-0.25, -0.2) is 4.98 Å². The highest BCUT2D eigenvalue weighted by atomic mass is 16.6. The number of hydrogen-bond donors (Lipinski definition) is 1. The predicted molar refractivity (Wildman–Crippen MR) is 113 cm³/mol. The molecule has 1 saturated heterocycles. The SMILES string of the molecule is Cc1cc(NC(CN2CCOCC2)c2ccccc2)c2cccc([N+](=O)[O-])c2n1. The predicted octanol–water partition coefficient (Wildman–Crippen LogP) is 3.94. The molecule has 4 rings (SSSR count). The number of anilines is 1. The number of fused-ring (bicyclic) bond motifs is 1. The molecular weight excluding hydrogens is 368 g/mol. The Hall–Kier alpha value is -3.03. The van der Waals surface area contributed by atoms with Gasteiger partial charge in [0, 0.05) is 42.5 Å². The topological polar surface area (TPSA) is 80.5 Å². The summed E-state index contributed by atoms with van der Waals surface area (Å²) in [5, 5.41) is 15.9. The van der Waals surface area contributed by atoms with Crippen molar-refractivity contribution in [3.63, 3.8) is 0 Å². The molecule has 1 aliphatic rings. The quantitative estimate of drug-likeness (QED) is 0.506. The smallest absolute Gasteiger partial charge is 0.295 e. The van der Waals surface area contributed by atoms with E-state index in [9.17, 15) is 10.1 Å². The number of nitrogens with zero attached hydrogens (tertiary/aromatic N) is 3. The number of aryl methyl sites for hydroxylation is 1. The van der Waals surface area contributed by atoms with Crippen molar-refractivity contribution in [3.8, 4) is 0 Å². The zero-order chi connectivity index (χ0) is 20.2. The van der Waals surface area contributed by atoms with E-state index in [1.165, 1.54) is 11.6 Å². The van der Waals surface area contributed by atoms with Crippen LogP contribution in [0.4, 0.5) is 11.4 Å². The largest absolute Gasteiger partial charge is 0.379 e. The van der Waals surface area contributed by atoms with E-state index in [-0.39, 0.29) is 16.7 Å². The molecule has 1 atom stereocenters. The lowest BCUT2D eigenvalue weighted by Gasteiger charge is -2.31. The number of benzene rings is 2. The van der Waals surface area contributed by atoms with E-state index in [0.717, 1.165) is 49.6 Å². The summed E-state index contributed by atoms with van der Waals surface area (Å²) in [4.78, 5) is 17.9. The van der Waals surface area contributed by atoms with Crippen molar-refractivity contribution in [1.29, 1.82) is 0 Å². The minimum atomic E-state index is -0.374. The van der Waals surface area contributed by atoms with Gasteiger partial charge in [0.1, 0.15) is 0 Å². The molecule has 7 nitrogen and oxygen atoms in total. The molecule has 0 amide bonds. The molecule has 0 aliphatic carbocycles. The van der Waals surface area contributed by atoms with E-state index >= 15 is 0 Å². The monoisotopic (exact) mass is 392 g/mol. The number of rotatable bonds is 6. The van der Waals surface area contributed by atoms with Gasteiger partial charge in [0.25, 0.3) is 5.69 Å². The van der Waals surface area contributed by atoms with Crippen molar-refractivity contribution in [2.24, 2.45) is 0 Å². The molecule has 0 radical (unpaired) electrons. The van der Waals surface area contributed by atoms with Crippen LogP contribution in [0.1, 0.15) is 17.3 Å². The van der Waals surface area contributed by atoms with Crippen molar-refractivity contribution in [2.75, 3.05) is 38.2 Å². The van der Waals surface area contributed by atoms with Crippen LogP contribution in [0.25, 0.3) is 10.9 Å². The summed E-state index contributed by atoms with van der Waals surface area (Å²) in [6, 6.07) is 17.4. The number of non-ortho nitro benzene ring substituents is 1. The van der Waals surface area contributed by atoms with Gasteiger partial charge in [0.05, 0.1) is 24.2 Å². The molecule has 29 heavy (non-hydrogen) atoms.